The van der Waals surface area contributed by atoms with E-state index in [1.54, 1.807) is 26.1 Å². The largest absolute Gasteiger partial charge is 0.478 e. The van der Waals surface area contributed by atoms with Crippen LogP contribution in [0.25, 0.3) is 0 Å². The van der Waals surface area contributed by atoms with Gasteiger partial charge in [-0.1, -0.05) is 12.1 Å². The zero-order valence-electron chi connectivity index (χ0n) is 11.6. The first-order valence-electron chi connectivity index (χ1n) is 6.21. The number of aromatic nitrogens is 1. The van der Waals surface area contributed by atoms with Gasteiger partial charge in [0.2, 0.25) is 0 Å². The van der Waals surface area contributed by atoms with Crippen LogP contribution >= 0.6 is 0 Å². The monoisotopic (exact) mass is 286 g/mol. The minimum absolute atomic E-state index is 0.0367. The molecule has 0 atom stereocenters. The van der Waals surface area contributed by atoms with Crippen LogP contribution in [0.15, 0.2) is 41.3 Å². The Bertz CT molecular complexity index is 777. The molecule has 0 unspecified atom stereocenters. The summed E-state index contributed by atoms with van der Waals surface area (Å²) in [7, 11) is 1.58. The summed E-state index contributed by atoms with van der Waals surface area (Å²) in [5, 5.41) is 11.7. The second kappa shape index (κ2) is 5.62. The Morgan fingerprint density at radius 2 is 1.95 bits per heavy atom. The number of nitrogens with zero attached hydrogens (tertiary/aromatic N) is 1. The topological polar surface area (TPSA) is 88.4 Å². The van der Waals surface area contributed by atoms with Crippen molar-refractivity contribution in [3.8, 4) is 0 Å². The van der Waals surface area contributed by atoms with Crippen LogP contribution in [0.3, 0.4) is 0 Å². The Balaban J connectivity index is 2.36. The number of carbonyl (C=O) groups is 2. The van der Waals surface area contributed by atoms with E-state index < -0.39 is 11.9 Å². The first kappa shape index (κ1) is 14.5. The maximum absolute atomic E-state index is 12.1. The summed E-state index contributed by atoms with van der Waals surface area (Å²) in [6, 6.07) is 7.51. The van der Waals surface area contributed by atoms with Crippen LogP contribution in [0.4, 0.5) is 5.69 Å². The molecular weight excluding hydrogens is 272 g/mol. The van der Waals surface area contributed by atoms with E-state index in [0.29, 0.717) is 5.56 Å². The number of benzene rings is 1. The molecule has 0 aliphatic heterocycles. The SMILES string of the molecule is Cc1cccc(NC(=O)c2ccn(C)c(=O)c2)c1C(=O)O. The van der Waals surface area contributed by atoms with E-state index in [4.69, 9.17) is 0 Å². The van der Waals surface area contributed by atoms with Crippen LogP contribution < -0.4 is 10.9 Å². The lowest BCUT2D eigenvalue weighted by atomic mass is 10.1. The van der Waals surface area contributed by atoms with Crippen molar-refractivity contribution in [2.45, 2.75) is 6.92 Å². The molecule has 0 saturated heterocycles. The van der Waals surface area contributed by atoms with Crippen molar-refractivity contribution in [2.24, 2.45) is 7.05 Å². The predicted molar refractivity (Wildman–Crippen MR) is 77.8 cm³/mol. The number of carboxylic acid groups (broad SMARTS) is 1. The van der Waals surface area contributed by atoms with Crippen LogP contribution in [-0.4, -0.2) is 21.6 Å². The molecule has 0 bridgehead atoms. The molecule has 108 valence electrons. The van der Waals surface area contributed by atoms with Crippen molar-refractivity contribution in [2.75, 3.05) is 5.32 Å². The molecule has 0 saturated carbocycles. The van der Waals surface area contributed by atoms with Crippen LogP contribution in [0, 0.1) is 6.92 Å². The maximum atomic E-state index is 12.1. The number of hydrogen-bond acceptors (Lipinski definition) is 3. The molecule has 6 heteroatoms. The highest BCUT2D eigenvalue weighted by Crippen LogP contribution is 2.20. The quantitative estimate of drug-likeness (QED) is 0.897. The van der Waals surface area contributed by atoms with Gasteiger partial charge in [-0.3, -0.25) is 9.59 Å². The third-order valence-corrected chi connectivity index (χ3v) is 3.10. The van der Waals surface area contributed by atoms with Crippen molar-refractivity contribution < 1.29 is 14.7 Å². The fourth-order valence-corrected chi connectivity index (χ4v) is 1.94. The zero-order valence-corrected chi connectivity index (χ0v) is 11.6. The highest BCUT2D eigenvalue weighted by atomic mass is 16.4. The molecule has 2 N–H and O–H groups in total. The van der Waals surface area contributed by atoms with Crippen molar-refractivity contribution in [3.05, 3.63) is 63.6 Å². The van der Waals surface area contributed by atoms with Crippen LogP contribution in [-0.2, 0) is 7.05 Å². The van der Waals surface area contributed by atoms with E-state index >= 15 is 0 Å². The lowest BCUT2D eigenvalue weighted by molar-refractivity contribution is 0.0697. The smallest absolute Gasteiger partial charge is 0.338 e. The van der Waals surface area contributed by atoms with E-state index in [1.165, 1.54) is 29.0 Å². The number of carboxylic acids is 1. The van der Waals surface area contributed by atoms with E-state index in [-0.39, 0.29) is 22.4 Å². The maximum Gasteiger partial charge on any atom is 0.338 e. The Hall–Kier alpha value is -2.89. The molecule has 0 aliphatic rings. The fourth-order valence-electron chi connectivity index (χ4n) is 1.94. The molecule has 2 aromatic rings. The molecule has 0 spiro atoms. The highest BCUT2D eigenvalue weighted by Gasteiger charge is 2.16. The van der Waals surface area contributed by atoms with Gasteiger partial charge < -0.3 is 15.0 Å². The summed E-state index contributed by atoms with van der Waals surface area (Å²) >= 11 is 0. The van der Waals surface area contributed by atoms with E-state index in [2.05, 4.69) is 5.32 Å². The number of anilines is 1. The van der Waals surface area contributed by atoms with Gasteiger partial charge in [0.25, 0.3) is 11.5 Å². The second-order valence-electron chi connectivity index (χ2n) is 4.62. The number of nitrogens with one attached hydrogen (secondary N) is 1. The number of rotatable bonds is 3. The zero-order chi connectivity index (χ0) is 15.6. The van der Waals surface area contributed by atoms with Crippen LogP contribution in [0.5, 0.6) is 0 Å². The van der Waals surface area contributed by atoms with E-state index in [1.807, 2.05) is 0 Å². The number of aryl methyl sites for hydroxylation is 2. The van der Waals surface area contributed by atoms with E-state index in [0.717, 1.165) is 0 Å². The summed E-state index contributed by atoms with van der Waals surface area (Å²) in [4.78, 5) is 34.9. The molecule has 1 amide bonds. The molecule has 21 heavy (non-hydrogen) atoms. The molecule has 1 heterocycles. The molecule has 1 aromatic heterocycles. The van der Waals surface area contributed by atoms with Crippen LogP contribution in [0.1, 0.15) is 26.3 Å². The second-order valence-corrected chi connectivity index (χ2v) is 4.62. The Kier molecular flexibility index (Phi) is 3.89. The lowest BCUT2D eigenvalue weighted by Gasteiger charge is -2.10. The van der Waals surface area contributed by atoms with Crippen molar-refractivity contribution in [1.29, 1.82) is 0 Å². The molecule has 6 nitrogen and oxygen atoms in total. The average Bonchev–Trinajstić information content (AvgIpc) is 2.41. The van der Waals surface area contributed by atoms with Gasteiger partial charge in [-0.05, 0) is 24.6 Å². The minimum atomic E-state index is -1.12. The normalized spacial score (nSPS) is 10.2. The molecule has 0 radical (unpaired) electrons. The highest BCUT2D eigenvalue weighted by molar-refractivity contribution is 6.08. The summed E-state index contributed by atoms with van der Waals surface area (Å²) in [5.74, 6) is -1.65. The molecule has 2 rings (SSSR count). The Morgan fingerprint density at radius 3 is 2.57 bits per heavy atom. The van der Waals surface area contributed by atoms with Gasteiger partial charge in [-0.25, -0.2) is 4.79 Å². The number of hydrogen-bond donors (Lipinski definition) is 2. The van der Waals surface area contributed by atoms with Gasteiger partial charge in [0.1, 0.15) is 0 Å². The van der Waals surface area contributed by atoms with Gasteiger partial charge in [0, 0.05) is 24.9 Å². The van der Waals surface area contributed by atoms with Gasteiger partial charge >= 0.3 is 5.97 Å². The van der Waals surface area contributed by atoms with Crippen molar-refractivity contribution >= 4 is 17.6 Å². The van der Waals surface area contributed by atoms with Crippen LogP contribution in [0.2, 0.25) is 0 Å². The van der Waals surface area contributed by atoms with Crippen molar-refractivity contribution in [3.63, 3.8) is 0 Å². The Labute approximate surface area is 120 Å². The molecule has 1 aromatic carbocycles. The molecule has 0 fully saturated rings. The van der Waals surface area contributed by atoms with Gasteiger partial charge in [-0.2, -0.15) is 0 Å². The summed E-state index contributed by atoms with van der Waals surface area (Å²) in [5.41, 5.74) is 0.647. The number of pyridine rings is 1. The van der Waals surface area contributed by atoms with Gasteiger partial charge in [0.05, 0.1) is 11.3 Å². The summed E-state index contributed by atoms with van der Waals surface area (Å²) < 4.78 is 1.34. The molecule has 0 aliphatic carbocycles. The number of carbonyl (C=O) groups excluding carboxylic acids is 1. The average molecular weight is 286 g/mol. The minimum Gasteiger partial charge on any atom is -0.478 e. The van der Waals surface area contributed by atoms with Gasteiger partial charge in [0.15, 0.2) is 0 Å². The van der Waals surface area contributed by atoms with Crippen molar-refractivity contribution in [1.82, 2.24) is 4.57 Å². The molecular formula is C15H14N2O4. The predicted octanol–water partition coefficient (Wildman–Crippen LogP) is 1.64. The fraction of sp³-hybridized carbons (Fsp3) is 0.133. The first-order chi connectivity index (χ1) is 9.90. The number of aromatic carboxylic acids is 1. The third-order valence-electron chi connectivity index (χ3n) is 3.10. The lowest BCUT2D eigenvalue weighted by Crippen LogP contribution is -2.21. The Morgan fingerprint density at radius 1 is 1.24 bits per heavy atom. The summed E-state index contributed by atoms with van der Waals surface area (Å²) in [6.45, 7) is 1.65. The standard InChI is InChI=1S/C15H14N2O4/c1-9-4-3-5-11(13(9)15(20)21)16-14(19)10-6-7-17(2)12(18)8-10/h3-8H,1-2H3,(H,16,19)(H,20,21). The third kappa shape index (κ3) is 3.00. The first-order valence-corrected chi connectivity index (χ1v) is 6.21. The summed E-state index contributed by atoms with van der Waals surface area (Å²) in [6.07, 6.45) is 1.48. The van der Waals surface area contributed by atoms with E-state index in [9.17, 15) is 19.5 Å². The number of amides is 1. The van der Waals surface area contributed by atoms with Gasteiger partial charge in [-0.15, -0.1) is 0 Å².